The fraction of sp³-hybridized carbons (Fsp3) is 0.333. The van der Waals surface area contributed by atoms with Gasteiger partial charge in [0.1, 0.15) is 12.4 Å². The van der Waals surface area contributed by atoms with E-state index in [1.54, 1.807) is 6.07 Å². The zero-order chi connectivity index (χ0) is 18.0. The Morgan fingerprint density at radius 1 is 1.28 bits per heavy atom. The van der Waals surface area contributed by atoms with Crippen molar-refractivity contribution in [3.05, 3.63) is 45.4 Å². The van der Waals surface area contributed by atoms with Gasteiger partial charge < -0.3 is 13.9 Å². The highest BCUT2D eigenvalue weighted by Gasteiger charge is 2.28. The van der Waals surface area contributed by atoms with Crippen molar-refractivity contribution in [3.63, 3.8) is 0 Å². The second-order valence-corrected chi connectivity index (χ2v) is 7.77. The molecule has 1 aromatic heterocycles. The van der Waals surface area contributed by atoms with E-state index in [4.69, 9.17) is 13.9 Å². The average Bonchev–Trinajstić information content (AvgIpc) is 2.98. The first-order chi connectivity index (χ1) is 11.8. The number of nitrogens with one attached hydrogen (secondary N) is 1. The number of carbonyl (C=O) groups excluding carboxylic acids is 1. The molecule has 0 fully saturated rings. The molecular formula is C18H19IN2O4. The van der Waals surface area contributed by atoms with Crippen LogP contribution in [0.4, 0.5) is 0 Å². The van der Waals surface area contributed by atoms with Crippen molar-refractivity contribution < 1.29 is 18.7 Å². The number of hydrogen-bond acceptors (Lipinski definition) is 5. The maximum Gasteiger partial charge on any atom is 0.284 e. The van der Waals surface area contributed by atoms with Crippen LogP contribution >= 0.6 is 22.6 Å². The Hall–Kier alpha value is -2.03. The number of amides is 1. The van der Waals surface area contributed by atoms with Gasteiger partial charge >= 0.3 is 0 Å². The summed E-state index contributed by atoms with van der Waals surface area (Å²) >= 11 is 2.06. The highest BCUT2D eigenvalue weighted by atomic mass is 127. The van der Waals surface area contributed by atoms with E-state index in [1.807, 2.05) is 24.3 Å². The summed E-state index contributed by atoms with van der Waals surface area (Å²) in [6, 6.07) is 9.38. The van der Waals surface area contributed by atoms with Gasteiger partial charge in [0.05, 0.1) is 6.21 Å². The molecule has 25 heavy (non-hydrogen) atoms. The molecule has 1 amide bonds. The maximum absolute atomic E-state index is 12.2. The smallest absolute Gasteiger partial charge is 0.284 e. The molecule has 1 aromatic carbocycles. The van der Waals surface area contributed by atoms with E-state index in [2.05, 4.69) is 53.9 Å². The highest BCUT2D eigenvalue weighted by Crippen LogP contribution is 2.36. The number of ether oxygens (including phenoxy) is 2. The van der Waals surface area contributed by atoms with E-state index in [0.717, 1.165) is 9.33 Å². The van der Waals surface area contributed by atoms with Crippen LogP contribution in [0.2, 0.25) is 0 Å². The fourth-order valence-electron chi connectivity index (χ4n) is 2.30. The predicted octanol–water partition coefficient (Wildman–Crippen LogP) is 3.47. The SMILES string of the molecule is CC(C)(C)c1ccc2c(c1)O[C@H](C(=O)N/N=C/c1ccc(I)o1)CO2. The zero-order valence-electron chi connectivity index (χ0n) is 14.2. The van der Waals surface area contributed by atoms with Crippen LogP contribution in [-0.4, -0.2) is 24.8 Å². The first-order valence-electron chi connectivity index (χ1n) is 7.85. The van der Waals surface area contributed by atoms with Gasteiger partial charge in [0.15, 0.2) is 15.3 Å². The lowest BCUT2D eigenvalue weighted by atomic mass is 9.87. The summed E-state index contributed by atoms with van der Waals surface area (Å²) in [5.41, 5.74) is 3.55. The number of carbonyl (C=O) groups is 1. The molecule has 0 aliphatic carbocycles. The molecule has 0 saturated carbocycles. The van der Waals surface area contributed by atoms with Crippen molar-refractivity contribution in [2.24, 2.45) is 5.10 Å². The van der Waals surface area contributed by atoms with Crippen molar-refractivity contribution in [1.82, 2.24) is 5.43 Å². The van der Waals surface area contributed by atoms with Gasteiger partial charge in [0.25, 0.3) is 5.91 Å². The maximum atomic E-state index is 12.2. The molecule has 1 atom stereocenters. The quantitative estimate of drug-likeness (QED) is 0.438. The Labute approximate surface area is 159 Å². The number of benzene rings is 1. The Bertz CT molecular complexity index is 808. The summed E-state index contributed by atoms with van der Waals surface area (Å²) < 4.78 is 17.5. The van der Waals surface area contributed by atoms with E-state index in [0.29, 0.717) is 17.3 Å². The van der Waals surface area contributed by atoms with Crippen LogP contribution in [0, 0.1) is 3.77 Å². The number of hydrogen-bond donors (Lipinski definition) is 1. The summed E-state index contributed by atoms with van der Waals surface area (Å²) in [6.07, 6.45) is 0.687. The number of rotatable bonds is 3. The van der Waals surface area contributed by atoms with Crippen molar-refractivity contribution in [2.75, 3.05) is 6.61 Å². The van der Waals surface area contributed by atoms with Crippen molar-refractivity contribution >= 4 is 34.7 Å². The largest absolute Gasteiger partial charge is 0.485 e. The predicted molar refractivity (Wildman–Crippen MR) is 102 cm³/mol. The Balaban J connectivity index is 1.65. The molecule has 1 N–H and O–H groups in total. The van der Waals surface area contributed by atoms with E-state index < -0.39 is 6.10 Å². The molecule has 0 saturated heterocycles. The second kappa shape index (κ2) is 7.07. The molecule has 0 spiro atoms. The molecule has 3 rings (SSSR count). The lowest BCUT2D eigenvalue weighted by Crippen LogP contribution is -2.42. The van der Waals surface area contributed by atoms with Crippen molar-refractivity contribution in [1.29, 1.82) is 0 Å². The Kier molecular flexibility index (Phi) is 5.03. The molecule has 2 heterocycles. The average molecular weight is 454 g/mol. The van der Waals surface area contributed by atoms with Crippen LogP contribution in [0.15, 0.2) is 39.9 Å². The third-order valence-corrected chi connectivity index (χ3v) is 4.30. The minimum absolute atomic E-state index is 0.0154. The fourth-order valence-corrected chi connectivity index (χ4v) is 2.73. The summed E-state index contributed by atoms with van der Waals surface area (Å²) in [6.45, 7) is 6.50. The molecular weight excluding hydrogens is 435 g/mol. The minimum Gasteiger partial charge on any atom is -0.485 e. The van der Waals surface area contributed by atoms with Crippen LogP contribution in [-0.2, 0) is 10.2 Å². The van der Waals surface area contributed by atoms with Crippen LogP contribution in [0.1, 0.15) is 32.1 Å². The third kappa shape index (κ3) is 4.33. The number of hydrazone groups is 1. The highest BCUT2D eigenvalue weighted by molar-refractivity contribution is 14.1. The first kappa shape index (κ1) is 17.8. The van der Waals surface area contributed by atoms with Gasteiger partial charge in [0, 0.05) is 0 Å². The molecule has 0 radical (unpaired) electrons. The first-order valence-corrected chi connectivity index (χ1v) is 8.93. The standard InChI is InChI=1S/C18H19IN2O4/c1-18(2,3)11-4-6-13-14(8-11)25-15(10-23-13)17(22)21-20-9-12-5-7-16(19)24-12/h4-9,15H,10H2,1-3H3,(H,21,22)/b20-9+/t15-/m0/s1. The monoisotopic (exact) mass is 454 g/mol. The van der Waals surface area contributed by atoms with Crippen LogP contribution in [0.3, 0.4) is 0 Å². The van der Waals surface area contributed by atoms with E-state index in [9.17, 15) is 4.79 Å². The molecule has 6 nitrogen and oxygen atoms in total. The van der Waals surface area contributed by atoms with Gasteiger partial charge in [-0.05, 0) is 57.8 Å². The minimum atomic E-state index is -0.753. The second-order valence-electron chi connectivity index (χ2n) is 6.71. The van der Waals surface area contributed by atoms with Crippen LogP contribution < -0.4 is 14.9 Å². The zero-order valence-corrected chi connectivity index (χ0v) is 16.4. The van der Waals surface area contributed by atoms with Crippen molar-refractivity contribution in [3.8, 4) is 11.5 Å². The molecule has 0 bridgehead atoms. The number of halogens is 1. The molecule has 1 aliphatic heterocycles. The lowest BCUT2D eigenvalue weighted by Gasteiger charge is -2.27. The number of fused-ring (bicyclic) bond motifs is 1. The molecule has 2 aromatic rings. The normalized spacial score (nSPS) is 16.9. The lowest BCUT2D eigenvalue weighted by molar-refractivity contribution is -0.130. The summed E-state index contributed by atoms with van der Waals surface area (Å²) in [5, 5.41) is 3.89. The summed E-state index contributed by atoms with van der Waals surface area (Å²) in [5.74, 6) is 1.41. The summed E-state index contributed by atoms with van der Waals surface area (Å²) in [7, 11) is 0. The van der Waals surface area contributed by atoms with Gasteiger partial charge in [-0.1, -0.05) is 26.8 Å². The van der Waals surface area contributed by atoms with Crippen LogP contribution in [0.25, 0.3) is 0 Å². The summed E-state index contributed by atoms with van der Waals surface area (Å²) in [4.78, 5) is 12.2. The van der Waals surface area contributed by atoms with E-state index in [-0.39, 0.29) is 17.9 Å². The van der Waals surface area contributed by atoms with Gasteiger partial charge in [0.2, 0.25) is 6.10 Å². The number of furan rings is 1. The van der Waals surface area contributed by atoms with Gasteiger partial charge in [-0.2, -0.15) is 5.10 Å². The van der Waals surface area contributed by atoms with E-state index in [1.165, 1.54) is 6.21 Å². The third-order valence-electron chi connectivity index (χ3n) is 3.72. The Morgan fingerprint density at radius 3 is 2.76 bits per heavy atom. The van der Waals surface area contributed by atoms with Gasteiger partial charge in [-0.3, -0.25) is 4.79 Å². The van der Waals surface area contributed by atoms with Gasteiger partial charge in [-0.15, -0.1) is 0 Å². The topological polar surface area (TPSA) is 73.1 Å². The van der Waals surface area contributed by atoms with Gasteiger partial charge in [-0.25, -0.2) is 5.43 Å². The van der Waals surface area contributed by atoms with E-state index >= 15 is 0 Å². The number of nitrogens with zero attached hydrogens (tertiary/aromatic N) is 1. The molecule has 0 unspecified atom stereocenters. The molecule has 1 aliphatic rings. The molecule has 7 heteroatoms. The molecule has 132 valence electrons. The van der Waals surface area contributed by atoms with Crippen LogP contribution in [0.5, 0.6) is 11.5 Å². The van der Waals surface area contributed by atoms with Crippen molar-refractivity contribution in [2.45, 2.75) is 32.3 Å². The Morgan fingerprint density at radius 2 is 2.08 bits per heavy atom.